The molecule has 0 atom stereocenters. The highest BCUT2D eigenvalue weighted by Gasteiger charge is 2.09. The van der Waals surface area contributed by atoms with Crippen LogP contribution >= 0.6 is 0 Å². The molecule has 1 amide bonds. The highest BCUT2D eigenvalue weighted by molar-refractivity contribution is 5.94. The number of amides is 1. The average Bonchev–Trinajstić information content (AvgIpc) is 2.66. The Morgan fingerprint density at radius 2 is 1.67 bits per heavy atom. The second-order valence-electron chi connectivity index (χ2n) is 5.81. The topological polar surface area (TPSA) is 54.0 Å². The lowest BCUT2D eigenvalue weighted by molar-refractivity contribution is 0.0954. The second kappa shape index (κ2) is 8.35. The summed E-state index contributed by atoms with van der Waals surface area (Å²) < 4.78 is 39.6. The molecule has 0 aliphatic heterocycles. The van der Waals surface area contributed by atoms with Gasteiger partial charge in [0.15, 0.2) is 0 Å². The van der Waals surface area contributed by atoms with E-state index in [4.69, 9.17) is 0 Å². The fourth-order valence-electron chi connectivity index (χ4n) is 2.44. The van der Waals surface area contributed by atoms with E-state index in [1.165, 1.54) is 36.5 Å². The van der Waals surface area contributed by atoms with E-state index in [0.29, 0.717) is 18.5 Å². The molecule has 0 bridgehead atoms. The maximum Gasteiger partial charge on any atom is 0.251 e. The number of hydrogen-bond acceptors (Lipinski definition) is 3. The van der Waals surface area contributed by atoms with Crippen molar-refractivity contribution in [2.24, 2.45) is 0 Å². The van der Waals surface area contributed by atoms with Gasteiger partial charge in [0, 0.05) is 24.4 Å². The monoisotopic (exact) mass is 371 g/mol. The molecular formula is C20H16F3N3O. The van der Waals surface area contributed by atoms with E-state index in [-0.39, 0.29) is 23.2 Å². The summed E-state index contributed by atoms with van der Waals surface area (Å²) in [5.41, 5.74) is 1.30. The summed E-state index contributed by atoms with van der Waals surface area (Å²) in [5.74, 6) is -1.81. The molecule has 2 aromatic carbocycles. The summed E-state index contributed by atoms with van der Waals surface area (Å²) in [5, 5.41) is 5.47. The number of benzene rings is 2. The summed E-state index contributed by atoms with van der Waals surface area (Å²) in [6, 6.07) is 12.2. The largest absolute Gasteiger partial charge is 0.352 e. The number of aromatic nitrogens is 1. The first-order chi connectivity index (χ1) is 13.0. The van der Waals surface area contributed by atoms with E-state index in [2.05, 4.69) is 15.6 Å². The normalized spacial score (nSPS) is 10.5. The molecule has 0 radical (unpaired) electrons. The van der Waals surface area contributed by atoms with Gasteiger partial charge in [-0.15, -0.1) is 0 Å². The van der Waals surface area contributed by atoms with Crippen molar-refractivity contribution in [3.63, 3.8) is 0 Å². The SMILES string of the molecule is O=C(NCCc1ccc(F)cc1)c1ccnc(Nc2ccc(F)cc2F)c1. The third-order valence-electron chi connectivity index (χ3n) is 3.83. The molecule has 0 aliphatic carbocycles. The molecule has 1 aromatic heterocycles. The van der Waals surface area contributed by atoms with Crippen LogP contribution in [0.2, 0.25) is 0 Å². The quantitative estimate of drug-likeness (QED) is 0.682. The predicted octanol–water partition coefficient (Wildman–Crippen LogP) is 4.22. The van der Waals surface area contributed by atoms with E-state index < -0.39 is 11.6 Å². The lowest BCUT2D eigenvalue weighted by Gasteiger charge is -2.09. The van der Waals surface area contributed by atoms with Crippen LogP contribution in [0.3, 0.4) is 0 Å². The molecule has 0 unspecified atom stereocenters. The van der Waals surface area contributed by atoms with Crippen LogP contribution in [0.15, 0.2) is 60.8 Å². The van der Waals surface area contributed by atoms with Gasteiger partial charge in [-0.05, 0) is 48.4 Å². The zero-order valence-corrected chi connectivity index (χ0v) is 14.2. The minimum atomic E-state index is -0.758. The van der Waals surface area contributed by atoms with Crippen molar-refractivity contribution in [1.82, 2.24) is 10.3 Å². The minimum Gasteiger partial charge on any atom is -0.352 e. The lowest BCUT2D eigenvalue weighted by Crippen LogP contribution is -2.25. The van der Waals surface area contributed by atoms with Gasteiger partial charge in [-0.25, -0.2) is 18.2 Å². The number of pyridine rings is 1. The van der Waals surface area contributed by atoms with Crippen molar-refractivity contribution >= 4 is 17.4 Å². The third-order valence-corrected chi connectivity index (χ3v) is 3.83. The van der Waals surface area contributed by atoms with Gasteiger partial charge in [0.1, 0.15) is 23.3 Å². The van der Waals surface area contributed by atoms with Crippen molar-refractivity contribution in [3.05, 3.63) is 89.4 Å². The summed E-state index contributed by atoms with van der Waals surface area (Å²) in [6.07, 6.45) is 1.97. The molecule has 138 valence electrons. The molecule has 0 saturated carbocycles. The minimum absolute atomic E-state index is 0.0535. The number of hydrogen-bond donors (Lipinski definition) is 2. The van der Waals surface area contributed by atoms with Crippen molar-refractivity contribution in [2.75, 3.05) is 11.9 Å². The molecule has 1 heterocycles. The first kappa shape index (κ1) is 18.4. The Kier molecular flexibility index (Phi) is 5.71. The maximum atomic E-state index is 13.7. The van der Waals surface area contributed by atoms with Gasteiger partial charge in [-0.1, -0.05) is 12.1 Å². The van der Waals surface area contributed by atoms with Gasteiger partial charge >= 0.3 is 0 Å². The zero-order chi connectivity index (χ0) is 19.2. The van der Waals surface area contributed by atoms with Gasteiger partial charge in [-0.2, -0.15) is 0 Å². The van der Waals surface area contributed by atoms with Gasteiger partial charge in [0.25, 0.3) is 5.91 Å². The smallest absolute Gasteiger partial charge is 0.251 e. The van der Waals surface area contributed by atoms with Crippen LogP contribution in [-0.2, 0) is 6.42 Å². The summed E-state index contributed by atoms with van der Waals surface area (Å²) in [4.78, 5) is 16.3. The van der Waals surface area contributed by atoms with Gasteiger partial charge in [-0.3, -0.25) is 4.79 Å². The maximum absolute atomic E-state index is 13.7. The lowest BCUT2D eigenvalue weighted by atomic mass is 10.1. The van der Waals surface area contributed by atoms with Crippen LogP contribution in [0.1, 0.15) is 15.9 Å². The number of anilines is 2. The number of carbonyl (C=O) groups excluding carboxylic acids is 1. The zero-order valence-electron chi connectivity index (χ0n) is 14.2. The van der Waals surface area contributed by atoms with Crippen molar-refractivity contribution < 1.29 is 18.0 Å². The van der Waals surface area contributed by atoms with Gasteiger partial charge in [0.05, 0.1) is 5.69 Å². The number of rotatable bonds is 6. The van der Waals surface area contributed by atoms with Gasteiger partial charge in [0.2, 0.25) is 0 Å². The van der Waals surface area contributed by atoms with Crippen LogP contribution in [0.25, 0.3) is 0 Å². The van der Waals surface area contributed by atoms with E-state index >= 15 is 0 Å². The Morgan fingerprint density at radius 1 is 0.926 bits per heavy atom. The number of nitrogens with zero attached hydrogens (tertiary/aromatic N) is 1. The fourth-order valence-corrected chi connectivity index (χ4v) is 2.44. The van der Waals surface area contributed by atoms with E-state index in [1.807, 2.05) is 0 Å². The first-order valence-corrected chi connectivity index (χ1v) is 8.22. The van der Waals surface area contributed by atoms with Crippen LogP contribution in [0, 0.1) is 17.5 Å². The molecule has 2 N–H and O–H groups in total. The Labute approximate surface area is 154 Å². The Balaban J connectivity index is 1.60. The highest BCUT2D eigenvalue weighted by Crippen LogP contribution is 2.20. The molecule has 0 fully saturated rings. The van der Waals surface area contributed by atoms with E-state index in [9.17, 15) is 18.0 Å². The van der Waals surface area contributed by atoms with Crippen molar-refractivity contribution in [3.8, 4) is 0 Å². The molecule has 0 saturated heterocycles. The van der Waals surface area contributed by atoms with Crippen molar-refractivity contribution in [2.45, 2.75) is 6.42 Å². The molecule has 27 heavy (non-hydrogen) atoms. The average molecular weight is 371 g/mol. The highest BCUT2D eigenvalue weighted by atomic mass is 19.1. The number of carbonyl (C=O) groups is 1. The van der Waals surface area contributed by atoms with Gasteiger partial charge < -0.3 is 10.6 Å². The molecular weight excluding hydrogens is 355 g/mol. The fraction of sp³-hybridized carbons (Fsp3) is 0.100. The molecule has 7 heteroatoms. The molecule has 3 rings (SSSR count). The molecule has 0 spiro atoms. The van der Waals surface area contributed by atoms with Crippen LogP contribution in [-0.4, -0.2) is 17.4 Å². The Hall–Kier alpha value is -3.35. The molecule has 0 aliphatic rings. The summed E-state index contributed by atoms with van der Waals surface area (Å²) in [7, 11) is 0. The molecule has 3 aromatic rings. The third kappa shape index (κ3) is 5.07. The van der Waals surface area contributed by atoms with Crippen LogP contribution in [0.4, 0.5) is 24.7 Å². The number of nitrogens with one attached hydrogen (secondary N) is 2. The van der Waals surface area contributed by atoms with E-state index in [0.717, 1.165) is 17.7 Å². The molecule has 4 nitrogen and oxygen atoms in total. The standard InChI is InChI=1S/C20H16F3N3O/c21-15-3-1-13(2-4-15)7-9-25-20(27)14-8-10-24-19(11-14)26-18-6-5-16(22)12-17(18)23/h1-6,8,10-12H,7,9H2,(H,24,26)(H,25,27). The van der Waals surface area contributed by atoms with Crippen molar-refractivity contribution in [1.29, 1.82) is 0 Å². The summed E-state index contributed by atoms with van der Waals surface area (Å²) >= 11 is 0. The predicted molar refractivity (Wildman–Crippen MR) is 96.3 cm³/mol. The first-order valence-electron chi connectivity index (χ1n) is 8.22. The van der Waals surface area contributed by atoms with Crippen LogP contribution in [0.5, 0.6) is 0 Å². The number of halogens is 3. The van der Waals surface area contributed by atoms with Crippen LogP contribution < -0.4 is 10.6 Å². The Bertz CT molecular complexity index is 945. The second-order valence-corrected chi connectivity index (χ2v) is 5.81. The van der Waals surface area contributed by atoms with E-state index in [1.54, 1.807) is 12.1 Å². The Morgan fingerprint density at radius 3 is 2.41 bits per heavy atom. The summed E-state index contributed by atoms with van der Waals surface area (Å²) in [6.45, 7) is 0.377.